The Labute approximate surface area is 119 Å². The second kappa shape index (κ2) is 6.72. The number of nitrogen functional groups attached to an aromatic ring is 1. The van der Waals surface area contributed by atoms with Crippen molar-refractivity contribution in [3.8, 4) is 0 Å². The molecule has 2 rings (SSSR count). The zero-order chi connectivity index (χ0) is 14.5. The van der Waals surface area contributed by atoms with Crippen molar-refractivity contribution in [2.75, 3.05) is 37.3 Å². The number of hydrogen-bond donors (Lipinski definition) is 3. The summed E-state index contributed by atoms with van der Waals surface area (Å²) in [7, 11) is 0. The minimum atomic E-state index is -0.0158. The number of rotatable bonds is 5. The van der Waals surface area contributed by atoms with Crippen LogP contribution in [0.1, 0.15) is 18.4 Å². The molecule has 1 aliphatic rings. The van der Waals surface area contributed by atoms with Crippen LogP contribution < -0.4 is 11.1 Å². The first kappa shape index (κ1) is 14.8. The highest BCUT2D eigenvalue weighted by molar-refractivity contribution is 5.92. The monoisotopic (exact) mass is 277 g/mol. The Morgan fingerprint density at radius 1 is 1.55 bits per heavy atom. The van der Waals surface area contributed by atoms with Gasteiger partial charge in [-0.05, 0) is 49.9 Å². The molecule has 0 saturated carbocycles. The number of nitrogens with two attached hydrogens (primary N) is 1. The van der Waals surface area contributed by atoms with E-state index in [1.807, 2.05) is 19.1 Å². The first-order chi connectivity index (χ1) is 9.58. The zero-order valence-corrected chi connectivity index (χ0v) is 11.9. The van der Waals surface area contributed by atoms with Gasteiger partial charge in [-0.3, -0.25) is 9.69 Å². The summed E-state index contributed by atoms with van der Waals surface area (Å²) in [5.74, 6) is 0.501. The van der Waals surface area contributed by atoms with E-state index in [0.29, 0.717) is 18.2 Å². The quantitative estimate of drug-likeness (QED) is 0.707. The molecule has 1 aromatic rings. The summed E-state index contributed by atoms with van der Waals surface area (Å²) >= 11 is 0. The first-order valence-corrected chi connectivity index (χ1v) is 7.07. The van der Waals surface area contributed by atoms with Crippen molar-refractivity contribution in [3.63, 3.8) is 0 Å². The fraction of sp³-hybridized carbons (Fsp3) is 0.533. The molecule has 1 atom stereocenters. The molecule has 0 spiro atoms. The van der Waals surface area contributed by atoms with Gasteiger partial charge in [0.25, 0.3) is 0 Å². The van der Waals surface area contributed by atoms with Gasteiger partial charge in [0.05, 0.1) is 6.54 Å². The lowest BCUT2D eigenvalue weighted by atomic mass is 10.1. The van der Waals surface area contributed by atoms with Crippen LogP contribution in [0, 0.1) is 12.8 Å². The van der Waals surface area contributed by atoms with Crippen molar-refractivity contribution in [1.29, 1.82) is 0 Å². The number of nitrogens with zero attached hydrogens (tertiary/aromatic N) is 1. The molecule has 0 bridgehead atoms. The highest BCUT2D eigenvalue weighted by Crippen LogP contribution is 2.20. The third-order valence-corrected chi connectivity index (χ3v) is 3.84. The van der Waals surface area contributed by atoms with Gasteiger partial charge in [0, 0.05) is 24.5 Å². The molecule has 5 heteroatoms. The Kier molecular flexibility index (Phi) is 4.98. The van der Waals surface area contributed by atoms with Crippen molar-refractivity contribution >= 4 is 17.3 Å². The van der Waals surface area contributed by atoms with E-state index in [1.54, 1.807) is 6.07 Å². The van der Waals surface area contributed by atoms with Crippen LogP contribution in [0.2, 0.25) is 0 Å². The van der Waals surface area contributed by atoms with Crippen LogP contribution in [0.15, 0.2) is 18.2 Å². The van der Waals surface area contributed by atoms with Gasteiger partial charge in [0.1, 0.15) is 0 Å². The number of carbonyl (C=O) groups is 1. The topological polar surface area (TPSA) is 78.6 Å². The van der Waals surface area contributed by atoms with Gasteiger partial charge < -0.3 is 16.2 Å². The molecule has 1 saturated heterocycles. The number of aliphatic hydroxyl groups excluding tert-OH is 1. The second-order valence-corrected chi connectivity index (χ2v) is 5.52. The number of nitrogens with one attached hydrogen (secondary N) is 1. The van der Waals surface area contributed by atoms with Crippen molar-refractivity contribution in [2.45, 2.75) is 19.8 Å². The van der Waals surface area contributed by atoms with E-state index in [0.717, 1.165) is 37.2 Å². The number of aliphatic hydroxyl groups is 1. The molecule has 0 aliphatic carbocycles. The van der Waals surface area contributed by atoms with Crippen molar-refractivity contribution in [1.82, 2.24) is 4.90 Å². The van der Waals surface area contributed by atoms with Gasteiger partial charge in [0.15, 0.2) is 0 Å². The van der Waals surface area contributed by atoms with Gasteiger partial charge in [0.2, 0.25) is 5.91 Å². The predicted molar refractivity (Wildman–Crippen MR) is 80.5 cm³/mol. The van der Waals surface area contributed by atoms with Crippen molar-refractivity contribution in [3.05, 3.63) is 23.8 Å². The van der Waals surface area contributed by atoms with Crippen LogP contribution in [-0.2, 0) is 4.79 Å². The minimum absolute atomic E-state index is 0.0158. The number of anilines is 2. The van der Waals surface area contributed by atoms with Gasteiger partial charge in [-0.15, -0.1) is 0 Å². The van der Waals surface area contributed by atoms with E-state index < -0.39 is 0 Å². The lowest BCUT2D eigenvalue weighted by molar-refractivity contribution is -0.117. The maximum Gasteiger partial charge on any atom is 0.238 e. The SMILES string of the molecule is Cc1ccc(NC(=O)CN2CCC(CCO)C2)cc1N. The molecule has 1 amide bonds. The third kappa shape index (κ3) is 3.95. The molecule has 5 nitrogen and oxygen atoms in total. The smallest absolute Gasteiger partial charge is 0.238 e. The molecular weight excluding hydrogens is 254 g/mol. The highest BCUT2D eigenvalue weighted by atomic mass is 16.3. The Bertz CT molecular complexity index is 476. The van der Waals surface area contributed by atoms with Crippen LogP contribution in [0.4, 0.5) is 11.4 Å². The molecule has 1 unspecified atom stereocenters. The summed E-state index contributed by atoms with van der Waals surface area (Å²) in [5.41, 5.74) is 8.26. The summed E-state index contributed by atoms with van der Waals surface area (Å²) in [4.78, 5) is 14.1. The van der Waals surface area contributed by atoms with E-state index in [4.69, 9.17) is 10.8 Å². The number of carbonyl (C=O) groups excluding carboxylic acids is 1. The molecule has 20 heavy (non-hydrogen) atoms. The highest BCUT2D eigenvalue weighted by Gasteiger charge is 2.23. The molecule has 4 N–H and O–H groups in total. The molecular formula is C15H23N3O2. The fourth-order valence-corrected chi connectivity index (χ4v) is 2.60. The lowest BCUT2D eigenvalue weighted by Crippen LogP contribution is -2.31. The summed E-state index contributed by atoms with van der Waals surface area (Å²) in [6.45, 7) is 4.38. The number of likely N-dealkylation sites (tertiary alicyclic amines) is 1. The molecule has 1 aromatic carbocycles. The van der Waals surface area contributed by atoms with Crippen LogP contribution in [0.3, 0.4) is 0 Å². The van der Waals surface area contributed by atoms with Crippen LogP contribution in [0.5, 0.6) is 0 Å². The van der Waals surface area contributed by atoms with Crippen LogP contribution >= 0.6 is 0 Å². The third-order valence-electron chi connectivity index (χ3n) is 3.84. The summed E-state index contributed by atoms with van der Waals surface area (Å²) in [5, 5.41) is 11.8. The van der Waals surface area contributed by atoms with Gasteiger partial charge in [-0.2, -0.15) is 0 Å². The summed E-state index contributed by atoms with van der Waals surface area (Å²) in [6.07, 6.45) is 1.89. The van der Waals surface area contributed by atoms with E-state index in [9.17, 15) is 4.79 Å². The van der Waals surface area contributed by atoms with E-state index in [2.05, 4.69) is 10.2 Å². The molecule has 1 heterocycles. The number of benzene rings is 1. The number of hydrogen-bond acceptors (Lipinski definition) is 4. The van der Waals surface area contributed by atoms with Crippen molar-refractivity contribution < 1.29 is 9.90 Å². The number of amides is 1. The predicted octanol–water partition coefficient (Wildman–Crippen LogP) is 1.22. The Morgan fingerprint density at radius 3 is 3.05 bits per heavy atom. The second-order valence-electron chi connectivity index (χ2n) is 5.52. The molecule has 0 aromatic heterocycles. The average molecular weight is 277 g/mol. The largest absolute Gasteiger partial charge is 0.398 e. The van der Waals surface area contributed by atoms with Gasteiger partial charge in [-0.25, -0.2) is 0 Å². The maximum absolute atomic E-state index is 12.0. The maximum atomic E-state index is 12.0. The van der Waals surface area contributed by atoms with Gasteiger partial charge >= 0.3 is 0 Å². The molecule has 0 radical (unpaired) electrons. The summed E-state index contributed by atoms with van der Waals surface area (Å²) in [6, 6.07) is 5.55. The molecule has 110 valence electrons. The normalized spacial score (nSPS) is 19.2. The van der Waals surface area contributed by atoms with Gasteiger partial charge in [-0.1, -0.05) is 6.07 Å². The summed E-state index contributed by atoms with van der Waals surface area (Å²) < 4.78 is 0. The standard InChI is InChI=1S/C15H23N3O2/c1-11-2-3-13(8-14(11)16)17-15(20)10-18-6-4-12(9-18)5-7-19/h2-3,8,12,19H,4-7,9-10,16H2,1H3,(H,17,20). The van der Waals surface area contributed by atoms with Crippen LogP contribution in [-0.4, -0.2) is 42.2 Å². The Hall–Kier alpha value is -1.59. The Morgan fingerprint density at radius 2 is 2.35 bits per heavy atom. The van der Waals surface area contributed by atoms with Crippen LogP contribution in [0.25, 0.3) is 0 Å². The lowest BCUT2D eigenvalue weighted by Gasteiger charge is -2.15. The van der Waals surface area contributed by atoms with E-state index in [1.165, 1.54) is 0 Å². The first-order valence-electron chi connectivity index (χ1n) is 7.07. The Balaban J connectivity index is 1.82. The molecule has 1 fully saturated rings. The molecule has 1 aliphatic heterocycles. The van der Waals surface area contributed by atoms with Crippen molar-refractivity contribution in [2.24, 2.45) is 5.92 Å². The van der Waals surface area contributed by atoms with E-state index in [-0.39, 0.29) is 12.5 Å². The number of aryl methyl sites for hydroxylation is 1. The zero-order valence-electron chi connectivity index (χ0n) is 11.9. The fourth-order valence-electron chi connectivity index (χ4n) is 2.60. The minimum Gasteiger partial charge on any atom is -0.398 e. The van der Waals surface area contributed by atoms with E-state index >= 15 is 0 Å². The average Bonchev–Trinajstić information content (AvgIpc) is 2.81.